The third-order valence-electron chi connectivity index (χ3n) is 3.02. The highest BCUT2D eigenvalue weighted by molar-refractivity contribution is 7.11. The molecule has 0 aliphatic carbocycles. The molecule has 0 bridgehead atoms. The summed E-state index contributed by atoms with van der Waals surface area (Å²) >= 11 is 7.43. The first-order valence-electron chi connectivity index (χ1n) is 6.70. The van der Waals surface area contributed by atoms with Crippen molar-refractivity contribution in [1.29, 1.82) is 0 Å². The van der Waals surface area contributed by atoms with Crippen molar-refractivity contribution in [2.75, 3.05) is 6.54 Å². The number of thiazole rings is 1. The van der Waals surface area contributed by atoms with Crippen LogP contribution in [0.2, 0.25) is 5.02 Å². The Balaban J connectivity index is 2.10. The Morgan fingerprint density at radius 3 is 2.95 bits per heavy atom. The lowest BCUT2D eigenvalue weighted by Crippen LogP contribution is -2.13. The molecule has 0 fully saturated rings. The Morgan fingerprint density at radius 1 is 1.40 bits per heavy atom. The Morgan fingerprint density at radius 2 is 2.20 bits per heavy atom. The molecule has 0 atom stereocenters. The van der Waals surface area contributed by atoms with E-state index in [-0.39, 0.29) is 10.8 Å². The minimum atomic E-state index is -0.340. The van der Waals surface area contributed by atoms with Gasteiger partial charge >= 0.3 is 0 Å². The Kier molecular flexibility index (Phi) is 5.52. The van der Waals surface area contributed by atoms with Crippen molar-refractivity contribution in [3.05, 3.63) is 50.2 Å². The number of rotatable bonds is 6. The molecular formula is C15H18ClFN2S. The van der Waals surface area contributed by atoms with Crippen LogP contribution in [-0.2, 0) is 13.0 Å². The van der Waals surface area contributed by atoms with Crippen LogP contribution < -0.4 is 5.32 Å². The van der Waals surface area contributed by atoms with Crippen LogP contribution in [0.25, 0.3) is 0 Å². The number of benzene rings is 1. The van der Waals surface area contributed by atoms with E-state index in [9.17, 15) is 4.39 Å². The molecule has 1 heterocycles. The summed E-state index contributed by atoms with van der Waals surface area (Å²) in [5.74, 6) is -0.340. The molecule has 0 aliphatic heterocycles. The van der Waals surface area contributed by atoms with Gasteiger partial charge in [-0.25, -0.2) is 9.37 Å². The van der Waals surface area contributed by atoms with Gasteiger partial charge in [0.25, 0.3) is 0 Å². The highest BCUT2D eigenvalue weighted by Crippen LogP contribution is 2.24. The van der Waals surface area contributed by atoms with E-state index in [1.807, 2.05) is 6.92 Å². The van der Waals surface area contributed by atoms with Gasteiger partial charge in [-0.1, -0.05) is 30.7 Å². The van der Waals surface area contributed by atoms with Gasteiger partial charge < -0.3 is 5.32 Å². The van der Waals surface area contributed by atoms with Crippen molar-refractivity contribution >= 4 is 22.9 Å². The molecular weight excluding hydrogens is 295 g/mol. The fourth-order valence-corrected chi connectivity index (χ4v) is 3.21. The average molecular weight is 313 g/mol. The second kappa shape index (κ2) is 7.16. The van der Waals surface area contributed by atoms with Crippen molar-refractivity contribution < 1.29 is 4.39 Å². The SMILES string of the molecule is CCCNCc1sc(Cc2cccc(Cl)c2F)nc1C. The van der Waals surface area contributed by atoms with Gasteiger partial charge in [-0.05, 0) is 31.5 Å². The first kappa shape index (κ1) is 15.4. The Bertz CT molecular complexity index is 583. The lowest BCUT2D eigenvalue weighted by Gasteiger charge is -2.02. The zero-order valence-corrected chi connectivity index (χ0v) is 13.2. The van der Waals surface area contributed by atoms with Crippen LogP contribution in [0.15, 0.2) is 18.2 Å². The van der Waals surface area contributed by atoms with E-state index < -0.39 is 0 Å². The minimum absolute atomic E-state index is 0.167. The maximum Gasteiger partial charge on any atom is 0.145 e. The second-order valence-electron chi connectivity index (χ2n) is 4.68. The van der Waals surface area contributed by atoms with E-state index >= 15 is 0 Å². The van der Waals surface area contributed by atoms with Crippen molar-refractivity contribution in [3.8, 4) is 0 Å². The summed E-state index contributed by atoms with van der Waals surface area (Å²) in [6, 6.07) is 5.09. The summed E-state index contributed by atoms with van der Waals surface area (Å²) in [7, 11) is 0. The topological polar surface area (TPSA) is 24.9 Å². The summed E-state index contributed by atoms with van der Waals surface area (Å²) in [4.78, 5) is 5.74. The number of hydrogen-bond acceptors (Lipinski definition) is 3. The number of aryl methyl sites for hydroxylation is 1. The lowest BCUT2D eigenvalue weighted by atomic mass is 10.1. The number of nitrogens with zero attached hydrogens (tertiary/aromatic N) is 1. The van der Waals surface area contributed by atoms with Crippen molar-refractivity contribution in [1.82, 2.24) is 10.3 Å². The van der Waals surface area contributed by atoms with Gasteiger partial charge in [0.05, 0.1) is 15.7 Å². The van der Waals surface area contributed by atoms with Crippen LogP contribution in [0.1, 0.15) is 34.5 Å². The summed E-state index contributed by atoms with van der Waals surface area (Å²) in [5, 5.41) is 4.46. The molecule has 20 heavy (non-hydrogen) atoms. The molecule has 0 radical (unpaired) electrons. The molecule has 0 spiro atoms. The number of hydrogen-bond donors (Lipinski definition) is 1. The maximum atomic E-state index is 13.9. The van der Waals surface area contributed by atoms with Gasteiger partial charge in [0.2, 0.25) is 0 Å². The van der Waals surface area contributed by atoms with E-state index in [2.05, 4.69) is 17.2 Å². The largest absolute Gasteiger partial charge is 0.312 e. The van der Waals surface area contributed by atoms with E-state index in [0.29, 0.717) is 12.0 Å². The van der Waals surface area contributed by atoms with Crippen LogP contribution >= 0.6 is 22.9 Å². The van der Waals surface area contributed by atoms with E-state index in [1.54, 1.807) is 29.5 Å². The van der Waals surface area contributed by atoms with Gasteiger partial charge in [0.15, 0.2) is 0 Å². The van der Waals surface area contributed by atoms with Crippen LogP contribution in [-0.4, -0.2) is 11.5 Å². The quantitative estimate of drug-likeness (QED) is 0.803. The first-order valence-corrected chi connectivity index (χ1v) is 7.90. The molecule has 0 aliphatic rings. The van der Waals surface area contributed by atoms with E-state index in [4.69, 9.17) is 11.6 Å². The lowest BCUT2D eigenvalue weighted by molar-refractivity contribution is 0.614. The van der Waals surface area contributed by atoms with Crippen molar-refractivity contribution in [2.45, 2.75) is 33.2 Å². The molecule has 1 N–H and O–H groups in total. The van der Waals surface area contributed by atoms with Crippen LogP contribution in [0.4, 0.5) is 4.39 Å². The third kappa shape index (κ3) is 3.78. The number of aromatic nitrogens is 1. The molecule has 0 unspecified atom stereocenters. The maximum absolute atomic E-state index is 13.9. The predicted molar refractivity (Wildman–Crippen MR) is 83.1 cm³/mol. The summed E-state index contributed by atoms with van der Waals surface area (Å²) in [5.41, 5.74) is 1.62. The molecule has 0 saturated carbocycles. The molecule has 2 aromatic rings. The fraction of sp³-hybridized carbons (Fsp3) is 0.400. The highest BCUT2D eigenvalue weighted by Gasteiger charge is 2.11. The zero-order chi connectivity index (χ0) is 14.5. The normalized spacial score (nSPS) is 11.0. The molecule has 2 nitrogen and oxygen atoms in total. The number of nitrogens with one attached hydrogen (secondary N) is 1. The molecule has 0 amide bonds. The molecule has 2 rings (SSSR count). The highest BCUT2D eigenvalue weighted by atomic mass is 35.5. The van der Waals surface area contributed by atoms with Crippen LogP contribution in [0, 0.1) is 12.7 Å². The standard InChI is InChI=1S/C15H18ClFN2S/c1-3-7-18-9-13-10(2)19-14(20-13)8-11-5-4-6-12(16)15(11)17/h4-6,18H,3,7-9H2,1-2H3. The van der Waals surface area contributed by atoms with Crippen LogP contribution in [0.3, 0.4) is 0 Å². The molecule has 5 heteroatoms. The average Bonchev–Trinajstić information content (AvgIpc) is 2.76. The fourth-order valence-electron chi connectivity index (χ4n) is 1.95. The monoisotopic (exact) mass is 312 g/mol. The van der Waals surface area contributed by atoms with Gasteiger partial charge in [-0.2, -0.15) is 0 Å². The third-order valence-corrected chi connectivity index (χ3v) is 4.47. The Labute approximate surface area is 128 Å². The van der Waals surface area contributed by atoms with Crippen LogP contribution in [0.5, 0.6) is 0 Å². The predicted octanol–water partition coefficient (Wildman–Crippen LogP) is 4.33. The van der Waals surface area contributed by atoms with Gasteiger partial charge in [0, 0.05) is 17.8 Å². The molecule has 0 saturated heterocycles. The van der Waals surface area contributed by atoms with Crippen molar-refractivity contribution in [3.63, 3.8) is 0 Å². The second-order valence-corrected chi connectivity index (χ2v) is 6.26. The first-order chi connectivity index (χ1) is 9.61. The van der Waals surface area contributed by atoms with Crippen molar-refractivity contribution in [2.24, 2.45) is 0 Å². The summed E-state index contributed by atoms with van der Waals surface area (Å²) in [6.45, 7) is 5.96. The smallest absolute Gasteiger partial charge is 0.145 e. The number of halogens is 2. The van der Waals surface area contributed by atoms with Gasteiger partial charge in [0.1, 0.15) is 5.82 Å². The minimum Gasteiger partial charge on any atom is -0.312 e. The summed E-state index contributed by atoms with van der Waals surface area (Å²) < 4.78 is 13.9. The molecule has 1 aromatic carbocycles. The molecule has 108 valence electrons. The van der Waals surface area contributed by atoms with E-state index in [0.717, 1.165) is 30.2 Å². The zero-order valence-electron chi connectivity index (χ0n) is 11.7. The van der Waals surface area contributed by atoms with Gasteiger partial charge in [-0.3, -0.25) is 0 Å². The Hall–Kier alpha value is -0.970. The summed E-state index contributed by atoms with van der Waals surface area (Å²) in [6.07, 6.45) is 1.60. The molecule has 1 aromatic heterocycles. The van der Waals surface area contributed by atoms with E-state index in [1.165, 1.54) is 4.88 Å². The van der Waals surface area contributed by atoms with Gasteiger partial charge in [-0.15, -0.1) is 11.3 Å².